The van der Waals surface area contributed by atoms with E-state index < -0.39 is 5.79 Å². The molecule has 2 aromatic carbocycles. The average Bonchev–Trinajstić information content (AvgIpc) is 2.60. The van der Waals surface area contributed by atoms with Crippen molar-refractivity contribution in [1.82, 2.24) is 0 Å². The van der Waals surface area contributed by atoms with E-state index in [9.17, 15) is 4.79 Å². The van der Waals surface area contributed by atoms with Gasteiger partial charge < -0.3 is 18.9 Å². The first-order valence-corrected chi connectivity index (χ1v) is 6.67. The van der Waals surface area contributed by atoms with Gasteiger partial charge >= 0.3 is 0 Å². The maximum atomic E-state index is 11.7. The second-order valence-corrected chi connectivity index (χ2v) is 4.47. The Morgan fingerprint density at radius 3 is 2.00 bits per heavy atom. The molecule has 0 radical (unpaired) electrons. The number of rotatable bonds is 7. The van der Waals surface area contributed by atoms with Crippen LogP contribution in [0.4, 0.5) is 0 Å². The molecule has 0 saturated heterocycles. The largest absolute Gasteiger partial charge is 0.497 e. The van der Waals surface area contributed by atoms with Crippen molar-refractivity contribution >= 4 is 6.29 Å². The Bertz CT molecular complexity index is 623. The molecule has 0 aliphatic rings. The Labute approximate surface area is 129 Å². The first-order valence-electron chi connectivity index (χ1n) is 6.67. The van der Waals surface area contributed by atoms with Crippen LogP contribution >= 0.6 is 0 Å². The summed E-state index contributed by atoms with van der Waals surface area (Å²) in [6.07, 6.45) is 0.612. The van der Waals surface area contributed by atoms with Gasteiger partial charge in [0.1, 0.15) is 5.75 Å². The number of benzene rings is 2. The number of ether oxygens (including phenoxy) is 4. The van der Waals surface area contributed by atoms with Crippen LogP contribution in [0, 0.1) is 0 Å². The highest BCUT2D eigenvalue weighted by atomic mass is 16.7. The minimum atomic E-state index is -1.55. The lowest BCUT2D eigenvalue weighted by molar-refractivity contribution is -0.175. The molecular formula is C17H18O5. The number of carbonyl (C=O) groups excluding carboxylic acids is 1. The normalized spacial score (nSPS) is 13.0. The highest BCUT2D eigenvalue weighted by Gasteiger charge is 2.35. The van der Waals surface area contributed by atoms with Crippen molar-refractivity contribution in [2.45, 2.75) is 5.79 Å². The molecule has 1 unspecified atom stereocenters. The molecule has 116 valence electrons. The van der Waals surface area contributed by atoms with Crippen molar-refractivity contribution < 1.29 is 23.7 Å². The van der Waals surface area contributed by atoms with Crippen LogP contribution in [-0.4, -0.2) is 27.6 Å². The van der Waals surface area contributed by atoms with Crippen molar-refractivity contribution in [3.63, 3.8) is 0 Å². The predicted molar refractivity (Wildman–Crippen MR) is 81.4 cm³/mol. The number of methoxy groups -OCH3 is 3. The average molecular weight is 302 g/mol. The molecule has 5 heteroatoms. The maximum absolute atomic E-state index is 11.7. The summed E-state index contributed by atoms with van der Waals surface area (Å²) in [7, 11) is 4.52. The Hall–Kier alpha value is -2.53. The molecule has 5 nitrogen and oxygen atoms in total. The number of para-hydroxylation sites is 2. The fraction of sp³-hybridized carbons (Fsp3) is 0.235. The van der Waals surface area contributed by atoms with Gasteiger partial charge in [-0.15, -0.1) is 0 Å². The molecule has 2 aromatic rings. The van der Waals surface area contributed by atoms with E-state index in [1.165, 1.54) is 14.2 Å². The topological polar surface area (TPSA) is 54.0 Å². The van der Waals surface area contributed by atoms with Crippen LogP contribution in [0.25, 0.3) is 0 Å². The van der Waals surface area contributed by atoms with Gasteiger partial charge in [-0.1, -0.05) is 12.1 Å². The zero-order chi connectivity index (χ0) is 16.0. The van der Waals surface area contributed by atoms with Gasteiger partial charge in [0.15, 0.2) is 17.8 Å². The van der Waals surface area contributed by atoms with Gasteiger partial charge in [-0.2, -0.15) is 0 Å². The molecule has 0 spiro atoms. The fourth-order valence-electron chi connectivity index (χ4n) is 2.05. The summed E-state index contributed by atoms with van der Waals surface area (Å²) in [6, 6.07) is 14.0. The molecule has 0 heterocycles. The van der Waals surface area contributed by atoms with E-state index in [-0.39, 0.29) is 0 Å². The smallest absolute Gasteiger partial charge is 0.294 e. The predicted octanol–water partition coefficient (Wildman–Crippen LogP) is 2.78. The first kappa shape index (κ1) is 15.9. The van der Waals surface area contributed by atoms with Gasteiger partial charge in [-0.3, -0.25) is 4.79 Å². The highest BCUT2D eigenvalue weighted by Crippen LogP contribution is 2.34. The summed E-state index contributed by atoms with van der Waals surface area (Å²) in [5.41, 5.74) is 0.553. The van der Waals surface area contributed by atoms with Gasteiger partial charge in [0.25, 0.3) is 5.79 Å². The number of hydrogen-bond acceptors (Lipinski definition) is 5. The lowest BCUT2D eigenvalue weighted by atomic mass is 10.1. The second-order valence-electron chi connectivity index (χ2n) is 4.47. The van der Waals surface area contributed by atoms with Gasteiger partial charge in [0.2, 0.25) is 0 Å². The monoisotopic (exact) mass is 302 g/mol. The second kappa shape index (κ2) is 6.95. The maximum Gasteiger partial charge on any atom is 0.294 e. The standard InChI is InChI=1S/C17H18O5/c1-19-14-10-8-13(9-11-14)17(12-18,21-3)22-16-7-5-4-6-15(16)20-2/h4-12H,1-3H3. The summed E-state index contributed by atoms with van der Waals surface area (Å²) in [6.45, 7) is 0. The third-order valence-electron chi connectivity index (χ3n) is 3.28. The van der Waals surface area contributed by atoms with E-state index in [2.05, 4.69) is 0 Å². The summed E-state index contributed by atoms with van der Waals surface area (Å²) < 4.78 is 21.5. The van der Waals surface area contributed by atoms with Crippen LogP contribution in [0.1, 0.15) is 5.56 Å². The van der Waals surface area contributed by atoms with E-state index in [1.54, 1.807) is 49.6 Å². The van der Waals surface area contributed by atoms with Crippen molar-refractivity contribution in [2.24, 2.45) is 0 Å². The van der Waals surface area contributed by atoms with E-state index >= 15 is 0 Å². The minimum absolute atomic E-state index is 0.412. The highest BCUT2D eigenvalue weighted by molar-refractivity contribution is 5.65. The molecule has 0 fully saturated rings. The molecule has 0 aromatic heterocycles. The van der Waals surface area contributed by atoms with Gasteiger partial charge in [-0.25, -0.2) is 0 Å². The van der Waals surface area contributed by atoms with Crippen molar-refractivity contribution in [3.05, 3.63) is 54.1 Å². The van der Waals surface area contributed by atoms with Crippen molar-refractivity contribution in [2.75, 3.05) is 21.3 Å². The number of hydrogen-bond donors (Lipinski definition) is 0. The van der Waals surface area contributed by atoms with Gasteiger partial charge in [-0.05, 0) is 36.4 Å². The summed E-state index contributed by atoms with van der Waals surface area (Å²) in [5.74, 6) is 0.0481. The third kappa shape index (κ3) is 3.04. The van der Waals surface area contributed by atoms with E-state index in [4.69, 9.17) is 18.9 Å². The lowest BCUT2D eigenvalue weighted by Gasteiger charge is -2.28. The van der Waals surface area contributed by atoms with Crippen LogP contribution < -0.4 is 14.2 Å². The van der Waals surface area contributed by atoms with Crippen LogP contribution in [0.2, 0.25) is 0 Å². The SMILES string of the molecule is COc1ccc(C(C=O)(OC)Oc2ccccc2OC)cc1. The molecular weight excluding hydrogens is 284 g/mol. The minimum Gasteiger partial charge on any atom is -0.497 e. The molecule has 22 heavy (non-hydrogen) atoms. The Morgan fingerprint density at radius 1 is 0.864 bits per heavy atom. The lowest BCUT2D eigenvalue weighted by Crippen LogP contribution is -2.37. The summed E-state index contributed by atoms with van der Waals surface area (Å²) in [5, 5.41) is 0. The van der Waals surface area contributed by atoms with Crippen LogP contribution in [0.15, 0.2) is 48.5 Å². The molecule has 0 saturated carbocycles. The van der Waals surface area contributed by atoms with Gasteiger partial charge in [0.05, 0.1) is 14.2 Å². The van der Waals surface area contributed by atoms with Gasteiger partial charge in [0, 0.05) is 12.7 Å². The van der Waals surface area contributed by atoms with Crippen LogP contribution in [0.5, 0.6) is 17.2 Å². The molecule has 0 amide bonds. The van der Waals surface area contributed by atoms with Crippen molar-refractivity contribution in [1.29, 1.82) is 0 Å². The van der Waals surface area contributed by atoms with Crippen molar-refractivity contribution in [3.8, 4) is 17.2 Å². The zero-order valence-electron chi connectivity index (χ0n) is 12.7. The summed E-state index contributed by atoms with van der Waals surface area (Å²) in [4.78, 5) is 11.7. The Kier molecular flexibility index (Phi) is 5.01. The Balaban J connectivity index is 2.40. The van der Waals surface area contributed by atoms with E-state index in [0.29, 0.717) is 29.1 Å². The quantitative estimate of drug-likeness (QED) is 0.581. The Morgan fingerprint density at radius 2 is 1.50 bits per heavy atom. The molecule has 0 N–H and O–H groups in total. The van der Waals surface area contributed by atoms with Crippen LogP contribution in [0.3, 0.4) is 0 Å². The van der Waals surface area contributed by atoms with Crippen LogP contribution in [-0.2, 0) is 15.3 Å². The molecule has 1 atom stereocenters. The first-order chi connectivity index (χ1) is 10.7. The van der Waals surface area contributed by atoms with E-state index in [0.717, 1.165) is 0 Å². The summed E-state index contributed by atoms with van der Waals surface area (Å²) >= 11 is 0. The third-order valence-corrected chi connectivity index (χ3v) is 3.28. The molecule has 0 bridgehead atoms. The molecule has 0 aliphatic heterocycles. The molecule has 0 aliphatic carbocycles. The number of aldehydes is 1. The zero-order valence-corrected chi connectivity index (χ0v) is 12.7. The molecule has 2 rings (SSSR count). The van der Waals surface area contributed by atoms with E-state index in [1.807, 2.05) is 6.07 Å². The number of carbonyl (C=O) groups is 1. The fourth-order valence-corrected chi connectivity index (χ4v) is 2.05.